The van der Waals surface area contributed by atoms with E-state index in [-0.39, 0.29) is 48.1 Å². The minimum Gasteiger partial charge on any atom is -0.491 e. The predicted molar refractivity (Wildman–Crippen MR) is 601 cm³/mol. The molecule has 34 nitrogen and oxygen atoms in total. The number of rotatable bonds is 95. The summed E-state index contributed by atoms with van der Waals surface area (Å²) in [5.41, 5.74) is 0.465. The number of hydrogen-bond donors (Lipinski definition) is 0. The quantitative estimate of drug-likeness (QED) is 0.0339. The average Bonchev–Trinajstić information content (AvgIpc) is 0.802. The normalized spacial score (nSPS) is 12.3. The molecule has 1 unspecified atom stereocenters. The van der Waals surface area contributed by atoms with Gasteiger partial charge in [-0.2, -0.15) is 0 Å². The van der Waals surface area contributed by atoms with Crippen molar-refractivity contribution in [1.82, 2.24) is 103 Å². The van der Waals surface area contributed by atoms with Crippen molar-refractivity contribution >= 4 is 23.7 Å². The van der Waals surface area contributed by atoms with E-state index in [1.54, 1.807) is 26.4 Å². The van der Waals surface area contributed by atoms with E-state index < -0.39 is 11.9 Å². The number of likely N-dealkylation sites (N-methyl/N-ethyl adjacent to an activating group) is 1. The Balaban J connectivity index is -0.00000194. The fourth-order valence-corrected chi connectivity index (χ4v) is 16.1. The van der Waals surface area contributed by atoms with E-state index in [9.17, 15) is 19.2 Å². The zero-order valence-electron chi connectivity index (χ0n) is 99.1. The Labute approximate surface area is 880 Å². The second-order valence-corrected chi connectivity index (χ2v) is 42.2. The van der Waals surface area contributed by atoms with E-state index in [2.05, 4.69) is 293 Å². The van der Waals surface area contributed by atoms with Crippen molar-refractivity contribution in [2.75, 3.05) is 512 Å². The van der Waals surface area contributed by atoms with Gasteiger partial charge in [0, 0.05) is 85.5 Å². The van der Waals surface area contributed by atoms with Gasteiger partial charge >= 0.3 is 17.9 Å². The SMILES string of the molecule is CCCOC(=O)c1cc(OCCN(CCCN(C)C)CCCN(C)C)c(C(=O)OC)cc1OCCN(CCCN(C)C)CCCN(C)C.CCN(CC)CCOCCN(CCCN(C)C)CCCN(C)C.COCC(C)COCCN(CCCN(C)C)CCCN(C)C.COCCN(CCOC(=O)CCC(C)=O)CCN(CCCN(CCCN(C)C)CCCN(C)C)CCCN(CCCN(C)C)CCCN(C)C. The molecular weight excluding hydrogens is 1810 g/mol. The summed E-state index contributed by atoms with van der Waals surface area (Å²) >= 11 is 0. The van der Waals surface area contributed by atoms with Gasteiger partial charge < -0.3 is 136 Å². The Hall–Kier alpha value is -4.10. The van der Waals surface area contributed by atoms with Crippen LogP contribution >= 0.6 is 0 Å². The van der Waals surface area contributed by atoms with Crippen LogP contribution in [0.3, 0.4) is 0 Å². The van der Waals surface area contributed by atoms with Crippen molar-refractivity contribution in [1.29, 1.82) is 0 Å². The molecule has 0 aromatic heterocycles. The second kappa shape index (κ2) is 97.4. The molecule has 0 radical (unpaired) electrons. The largest absolute Gasteiger partial charge is 0.491 e. The zero-order valence-corrected chi connectivity index (χ0v) is 99.1. The smallest absolute Gasteiger partial charge is 0.342 e. The van der Waals surface area contributed by atoms with Gasteiger partial charge in [0.1, 0.15) is 48.2 Å². The summed E-state index contributed by atoms with van der Waals surface area (Å²) in [6.45, 7) is 56.8. The van der Waals surface area contributed by atoms with Crippen molar-refractivity contribution < 1.29 is 61.8 Å². The highest BCUT2D eigenvalue weighted by Gasteiger charge is 2.25. The Bertz CT molecular complexity index is 2890. The van der Waals surface area contributed by atoms with Crippen LogP contribution < -0.4 is 9.47 Å². The summed E-state index contributed by atoms with van der Waals surface area (Å²) in [5.74, 6) is -0.287. The predicted octanol–water partition coefficient (Wildman–Crippen LogP) is 8.59. The molecule has 0 aliphatic heterocycles. The first-order valence-electron chi connectivity index (χ1n) is 54.9. The number of carbonyl (C=O) groups excluding carboxylic acids is 4. The number of ketones is 1. The van der Waals surface area contributed by atoms with Crippen molar-refractivity contribution in [3.63, 3.8) is 0 Å². The van der Waals surface area contributed by atoms with Crippen molar-refractivity contribution in [3.05, 3.63) is 23.3 Å². The lowest BCUT2D eigenvalue weighted by Gasteiger charge is -2.30. The van der Waals surface area contributed by atoms with Crippen LogP contribution in [-0.4, -0.2) is 638 Å². The van der Waals surface area contributed by atoms with Gasteiger partial charge in [0.15, 0.2) is 0 Å². The summed E-state index contributed by atoms with van der Waals surface area (Å²) in [6, 6.07) is 3.14. The van der Waals surface area contributed by atoms with E-state index in [1.165, 1.54) is 78.5 Å². The van der Waals surface area contributed by atoms with Crippen LogP contribution in [0.4, 0.5) is 0 Å². The number of nitrogens with zero attached hydrogens (tertiary/aromatic N) is 21. The monoisotopic (exact) mass is 2040 g/mol. The Kier molecular flexibility index (Phi) is 97.4. The standard InChI is InChI=1S/C38H82N8O4.C36H68N6O6.C18H42N4O.C17H39N3O2/c1-37(47)17-18-38(48)50-36-34-46(33-35-49-10)32-31-45(29-15-27-43(23-11-19-39(2)3)24-12-20-40(4)5)30-16-28-44(25-13-21-41(6)7)26-14-22-42(8)9;1-11-26-48-36(44)32-30-33(46-27-24-41(20-12-16-37(2)3)21-13-17-38(4)5)31(35(43)45-10)29-34(32)47-28-25-42(22-14-18-39(6)7)23-15-19-40(8)9;1-7-21(8-2)15-17-23-18-16-22(13-9-11-19(3)4)14-10-12-20(5)6;1-17(15-21-6)16-22-14-13-20(11-7-9-18(2)3)12-8-10-19(4)5/h11-36H2,1-10H3;29-30H,11-28H2,1-10H3;7-18H2,1-6H3;17H,7-16H2,1-6H3. The average molecular weight is 2040 g/mol. The molecule has 34 heteroatoms. The van der Waals surface area contributed by atoms with E-state index >= 15 is 0 Å². The number of carbonyl (C=O) groups is 4. The van der Waals surface area contributed by atoms with Gasteiger partial charge in [-0.05, 0) is 481 Å². The summed E-state index contributed by atoms with van der Waals surface area (Å²) in [4.78, 5) is 99.1. The van der Waals surface area contributed by atoms with Crippen LogP contribution in [0.15, 0.2) is 12.1 Å². The zero-order chi connectivity index (χ0) is 108. The Morgan fingerprint density at radius 1 is 0.252 bits per heavy atom. The molecule has 0 amide bonds. The molecule has 850 valence electrons. The molecule has 1 aromatic rings. The van der Waals surface area contributed by atoms with Gasteiger partial charge in [0.25, 0.3) is 0 Å². The lowest BCUT2D eigenvalue weighted by atomic mass is 10.1. The second-order valence-electron chi connectivity index (χ2n) is 42.2. The molecule has 0 aliphatic carbocycles. The number of hydrogen-bond acceptors (Lipinski definition) is 34. The maximum atomic E-state index is 13.3. The number of benzene rings is 1. The maximum absolute atomic E-state index is 13.3. The van der Waals surface area contributed by atoms with Crippen LogP contribution in [0.1, 0.15) is 164 Å². The van der Waals surface area contributed by atoms with Gasteiger partial charge in [-0.1, -0.05) is 27.7 Å². The number of esters is 3. The highest BCUT2D eigenvalue weighted by Crippen LogP contribution is 2.31. The molecular formula is C109H231N21O13. The first-order chi connectivity index (χ1) is 68.1. The fraction of sp³-hybridized carbons (Fsp3) is 0.908. The molecule has 0 N–H and O–H groups in total. The molecule has 0 saturated heterocycles. The van der Waals surface area contributed by atoms with Crippen molar-refractivity contribution in [2.45, 2.75) is 144 Å². The van der Waals surface area contributed by atoms with Crippen LogP contribution in [0, 0.1) is 5.92 Å². The topological polar surface area (TPSA) is 219 Å². The molecule has 1 rings (SSSR count). The summed E-state index contributed by atoms with van der Waals surface area (Å²) in [5, 5.41) is 0. The molecule has 0 fully saturated rings. The molecule has 1 aromatic carbocycles. The molecule has 1 atom stereocenters. The summed E-state index contributed by atoms with van der Waals surface area (Å²) < 4.78 is 50.8. The van der Waals surface area contributed by atoms with Crippen LogP contribution in [-0.2, 0) is 42.7 Å². The molecule has 143 heavy (non-hydrogen) atoms. The highest BCUT2D eigenvalue weighted by molar-refractivity contribution is 5.98. The summed E-state index contributed by atoms with van der Waals surface area (Å²) in [6.07, 6.45) is 17.3. The molecule has 0 bridgehead atoms. The van der Waals surface area contributed by atoms with E-state index in [1.807, 2.05) is 6.92 Å². The van der Waals surface area contributed by atoms with E-state index in [0.29, 0.717) is 64.2 Å². The Morgan fingerprint density at radius 3 is 0.762 bits per heavy atom. The van der Waals surface area contributed by atoms with E-state index in [0.717, 1.165) is 294 Å². The first-order valence-corrected chi connectivity index (χ1v) is 54.9. The van der Waals surface area contributed by atoms with Crippen LogP contribution in [0.2, 0.25) is 0 Å². The van der Waals surface area contributed by atoms with Crippen molar-refractivity contribution in [3.8, 4) is 11.5 Å². The lowest BCUT2D eigenvalue weighted by Crippen LogP contribution is -2.41. The third kappa shape index (κ3) is 94.8. The van der Waals surface area contributed by atoms with E-state index in [4.69, 9.17) is 42.6 Å². The van der Waals surface area contributed by atoms with Gasteiger partial charge in [0.05, 0.1) is 59.8 Å². The van der Waals surface area contributed by atoms with Gasteiger partial charge in [-0.3, -0.25) is 19.5 Å². The third-order valence-electron chi connectivity index (χ3n) is 24.4. The maximum Gasteiger partial charge on any atom is 0.342 e. The minimum atomic E-state index is -0.550. The minimum absolute atomic E-state index is 0.0132. The van der Waals surface area contributed by atoms with Gasteiger partial charge in [-0.25, -0.2) is 9.59 Å². The number of Topliss-reactive ketones (excluding diaryl/α,β-unsaturated/α-hetero) is 1. The van der Waals surface area contributed by atoms with Gasteiger partial charge in [-0.15, -0.1) is 0 Å². The van der Waals surface area contributed by atoms with Crippen LogP contribution in [0.5, 0.6) is 11.5 Å². The highest BCUT2D eigenvalue weighted by atomic mass is 16.5. The van der Waals surface area contributed by atoms with Gasteiger partial charge in [0.2, 0.25) is 0 Å². The number of ether oxygens (including phenoxy) is 9. The summed E-state index contributed by atoms with van der Waals surface area (Å²) in [7, 11) is 55.9. The first kappa shape index (κ1) is 143. The van der Waals surface area contributed by atoms with Crippen LogP contribution in [0.25, 0.3) is 0 Å². The molecule has 0 heterocycles. The lowest BCUT2D eigenvalue weighted by molar-refractivity contribution is -0.145. The molecule has 0 spiro atoms. The number of methoxy groups -OCH3 is 3. The van der Waals surface area contributed by atoms with Crippen molar-refractivity contribution in [2.24, 2.45) is 5.92 Å². The third-order valence-corrected chi connectivity index (χ3v) is 24.4. The Morgan fingerprint density at radius 2 is 0.497 bits per heavy atom. The molecule has 0 saturated carbocycles. The molecule has 0 aliphatic rings. The fourth-order valence-electron chi connectivity index (χ4n) is 16.1.